The molecule has 1 aromatic heterocycles. The molecule has 6 nitrogen and oxygen atoms in total. The molecule has 0 spiro atoms. The van der Waals surface area contributed by atoms with E-state index in [1.807, 2.05) is 13.1 Å². The number of fused-ring (bicyclic) bond motifs is 5. The number of hydrogen-bond acceptors (Lipinski definition) is 5. The zero-order valence-corrected chi connectivity index (χ0v) is 22.9. The molecule has 37 heavy (non-hydrogen) atoms. The van der Waals surface area contributed by atoms with E-state index < -0.39 is 0 Å². The smallest absolute Gasteiger partial charge is 0.335 e. The number of ether oxygens (including phenoxy) is 1. The second-order valence-electron chi connectivity index (χ2n) is 13.1. The highest BCUT2D eigenvalue weighted by molar-refractivity contribution is 5.78. The SMILES string of the molecule is CN(C(=O)CN1CCOCC1)[C@H]1CC[C@@]2(C)[C@H](CC[C@H]3C4=CC[C@H](c5ccc(=O)oc5)[C@@]4(C)CC[C@@H]32)C1. The van der Waals surface area contributed by atoms with Crippen molar-refractivity contribution < 1.29 is 13.9 Å². The summed E-state index contributed by atoms with van der Waals surface area (Å²) in [5, 5.41) is 0. The van der Waals surface area contributed by atoms with Crippen LogP contribution in [0.25, 0.3) is 0 Å². The van der Waals surface area contributed by atoms with E-state index in [0.717, 1.165) is 51.5 Å². The molecule has 4 fully saturated rings. The molecule has 1 amide bonds. The van der Waals surface area contributed by atoms with E-state index in [2.05, 4.69) is 29.7 Å². The lowest BCUT2D eigenvalue weighted by atomic mass is 9.45. The van der Waals surface area contributed by atoms with Crippen LogP contribution in [-0.2, 0) is 9.53 Å². The Hall–Kier alpha value is -1.92. The topological polar surface area (TPSA) is 63.0 Å². The molecule has 5 aliphatic rings. The van der Waals surface area contributed by atoms with Gasteiger partial charge in [-0.2, -0.15) is 0 Å². The van der Waals surface area contributed by atoms with Gasteiger partial charge in [-0.3, -0.25) is 9.69 Å². The van der Waals surface area contributed by atoms with Gasteiger partial charge in [0.1, 0.15) is 0 Å². The van der Waals surface area contributed by atoms with Gasteiger partial charge in [-0.15, -0.1) is 0 Å². The normalized spacial score (nSPS) is 39.8. The Balaban J connectivity index is 1.13. The average molecular weight is 509 g/mol. The number of morpholine rings is 1. The van der Waals surface area contributed by atoms with Crippen molar-refractivity contribution in [1.82, 2.24) is 9.80 Å². The van der Waals surface area contributed by atoms with E-state index in [9.17, 15) is 9.59 Å². The molecule has 1 aliphatic heterocycles. The van der Waals surface area contributed by atoms with Crippen LogP contribution in [0.4, 0.5) is 0 Å². The van der Waals surface area contributed by atoms with Crippen molar-refractivity contribution in [3.8, 4) is 0 Å². The van der Waals surface area contributed by atoms with Crippen LogP contribution in [0, 0.1) is 28.6 Å². The first-order chi connectivity index (χ1) is 17.8. The number of amides is 1. The minimum Gasteiger partial charge on any atom is -0.431 e. The second-order valence-corrected chi connectivity index (χ2v) is 13.1. The quantitative estimate of drug-likeness (QED) is 0.545. The number of carbonyl (C=O) groups excluding carboxylic acids is 1. The molecule has 0 N–H and O–H groups in total. The standard InChI is InChI=1S/C31H44N2O4/c1-30-12-10-23(32(3)28(34)19-33-14-16-36-17-15-33)18-22(30)5-6-24-26-8-7-25(21-4-9-29(35)37-20-21)31(26,2)13-11-27(24)30/h4,8-9,20,22-25,27H,5-7,10-19H2,1-3H3/t22-,23+,24+,25-,27+,30+,31-/m1/s1. The van der Waals surface area contributed by atoms with Gasteiger partial charge >= 0.3 is 5.63 Å². The molecular formula is C31H44N2O4. The van der Waals surface area contributed by atoms with E-state index >= 15 is 0 Å². The Morgan fingerprint density at radius 3 is 2.68 bits per heavy atom. The van der Waals surface area contributed by atoms with Gasteiger partial charge in [0.25, 0.3) is 0 Å². The third-order valence-electron chi connectivity index (χ3n) is 11.6. The van der Waals surface area contributed by atoms with E-state index in [4.69, 9.17) is 9.15 Å². The minimum atomic E-state index is -0.265. The molecule has 0 bridgehead atoms. The van der Waals surface area contributed by atoms with Crippen LogP contribution in [0.1, 0.15) is 76.7 Å². The summed E-state index contributed by atoms with van der Waals surface area (Å²) >= 11 is 0. The molecule has 6 rings (SSSR count). The Morgan fingerprint density at radius 1 is 1.11 bits per heavy atom. The maximum absolute atomic E-state index is 13.1. The first-order valence-electron chi connectivity index (χ1n) is 14.6. The molecule has 0 aromatic carbocycles. The van der Waals surface area contributed by atoms with Crippen LogP contribution in [0.2, 0.25) is 0 Å². The van der Waals surface area contributed by atoms with Crippen molar-refractivity contribution in [2.75, 3.05) is 39.9 Å². The summed E-state index contributed by atoms with van der Waals surface area (Å²) in [7, 11) is 2.04. The van der Waals surface area contributed by atoms with Gasteiger partial charge in [0.2, 0.25) is 5.91 Å². The monoisotopic (exact) mass is 508 g/mol. The zero-order valence-electron chi connectivity index (χ0n) is 22.9. The lowest BCUT2D eigenvalue weighted by molar-refractivity contribution is -0.138. The number of rotatable bonds is 4. The van der Waals surface area contributed by atoms with Gasteiger partial charge in [0.05, 0.1) is 26.0 Å². The highest BCUT2D eigenvalue weighted by atomic mass is 16.5. The molecule has 0 unspecified atom stereocenters. The molecule has 6 heteroatoms. The van der Waals surface area contributed by atoms with Gasteiger partial charge in [-0.25, -0.2) is 4.79 Å². The van der Waals surface area contributed by atoms with E-state index in [-0.39, 0.29) is 16.9 Å². The van der Waals surface area contributed by atoms with Gasteiger partial charge in [-0.05, 0) is 97.5 Å². The molecule has 3 saturated carbocycles. The molecule has 0 radical (unpaired) electrons. The Morgan fingerprint density at radius 2 is 1.92 bits per heavy atom. The Kier molecular flexibility index (Phi) is 6.63. The fourth-order valence-electron chi connectivity index (χ4n) is 9.25. The maximum atomic E-state index is 13.1. The highest BCUT2D eigenvalue weighted by Gasteiger charge is 2.58. The lowest BCUT2D eigenvalue weighted by Crippen LogP contribution is -2.54. The molecule has 4 aliphatic carbocycles. The molecular weight excluding hydrogens is 464 g/mol. The van der Waals surface area contributed by atoms with Crippen molar-refractivity contribution in [1.29, 1.82) is 0 Å². The maximum Gasteiger partial charge on any atom is 0.335 e. The van der Waals surface area contributed by atoms with E-state index in [1.165, 1.54) is 37.7 Å². The minimum absolute atomic E-state index is 0.174. The van der Waals surface area contributed by atoms with Crippen LogP contribution in [0.5, 0.6) is 0 Å². The molecule has 7 atom stereocenters. The lowest BCUT2D eigenvalue weighted by Gasteiger charge is -2.60. The average Bonchev–Trinajstić information content (AvgIpc) is 3.26. The third-order valence-corrected chi connectivity index (χ3v) is 11.6. The predicted molar refractivity (Wildman–Crippen MR) is 143 cm³/mol. The number of nitrogens with zero attached hydrogens (tertiary/aromatic N) is 2. The number of allylic oxidation sites excluding steroid dienone is 2. The van der Waals surface area contributed by atoms with Crippen LogP contribution < -0.4 is 5.63 Å². The summed E-state index contributed by atoms with van der Waals surface area (Å²) in [6.07, 6.45) is 13.9. The largest absolute Gasteiger partial charge is 0.431 e. The summed E-state index contributed by atoms with van der Waals surface area (Å²) < 4.78 is 10.7. The fraction of sp³-hybridized carbons (Fsp3) is 0.742. The first kappa shape index (κ1) is 25.4. The van der Waals surface area contributed by atoms with E-state index in [0.29, 0.717) is 35.8 Å². The van der Waals surface area contributed by atoms with Crippen molar-refractivity contribution in [3.05, 3.63) is 46.0 Å². The highest BCUT2D eigenvalue weighted by Crippen LogP contribution is 2.67. The predicted octanol–water partition coefficient (Wildman–Crippen LogP) is 4.85. The van der Waals surface area contributed by atoms with Crippen LogP contribution in [0.15, 0.2) is 39.3 Å². The number of hydrogen-bond donors (Lipinski definition) is 0. The second kappa shape index (κ2) is 9.68. The van der Waals surface area contributed by atoms with Gasteiger partial charge in [0.15, 0.2) is 0 Å². The first-order valence-corrected chi connectivity index (χ1v) is 14.6. The van der Waals surface area contributed by atoms with Gasteiger partial charge in [-0.1, -0.05) is 25.5 Å². The fourth-order valence-corrected chi connectivity index (χ4v) is 9.25. The summed E-state index contributed by atoms with van der Waals surface area (Å²) in [4.78, 5) is 29.0. The summed E-state index contributed by atoms with van der Waals surface area (Å²) in [5.74, 6) is 2.82. The van der Waals surface area contributed by atoms with Crippen molar-refractivity contribution in [2.24, 2.45) is 28.6 Å². The molecule has 2 heterocycles. The van der Waals surface area contributed by atoms with Crippen LogP contribution >= 0.6 is 0 Å². The van der Waals surface area contributed by atoms with Crippen molar-refractivity contribution in [2.45, 2.75) is 77.2 Å². The molecule has 202 valence electrons. The Labute approximate surface area is 221 Å². The summed E-state index contributed by atoms with van der Waals surface area (Å²) in [6, 6.07) is 3.94. The Bertz CT molecular complexity index is 1090. The third kappa shape index (κ3) is 4.32. The zero-order chi connectivity index (χ0) is 25.8. The van der Waals surface area contributed by atoms with Crippen LogP contribution in [-0.4, -0.2) is 61.6 Å². The van der Waals surface area contributed by atoms with Gasteiger partial charge < -0.3 is 14.1 Å². The van der Waals surface area contributed by atoms with Crippen molar-refractivity contribution >= 4 is 5.91 Å². The van der Waals surface area contributed by atoms with E-state index in [1.54, 1.807) is 17.9 Å². The molecule has 1 aromatic rings. The van der Waals surface area contributed by atoms with Gasteiger partial charge in [0, 0.05) is 32.2 Å². The summed E-state index contributed by atoms with van der Waals surface area (Å²) in [5.41, 5.74) is 3.15. The van der Waals surface area contributed by atoms with Crippen molar-refractivity contribution in [3.63, 3.8) is 0 Å². The number of likely N-dealkylation sites (N-methyl/N-ethyl adjacent to an activating group) is 1. The van der Waals surface area contributed by atoms with Crippen LogP contribution in [0.3, 0.4) is 0 Å². The summed E-state index contributed by atoms with van der Waals surface area (Å²) in [6.45, 7) is 8.79. The molecule has 1 saturated heterocycles. The number of carbonyl (C=O) groups is 1.